The van der Waals surface area contributed by atoms with Crippen molar-refractivity contribution in [2.75, 3.05) is 27.4 Å². The van der Waals surface area contributed by atoms with E-state index in [-0.39, 0.29) is 12.3 Å². The normalized spacial score (nSPS) is 10.5. The molecule has 20 heavy (non-hydrogen) atoms. The lowest BCUT2D eigenvalue weighted by atomic mass is 10.1. The third-order valence-electron chi connectivity index (χ3n) is 2.35. The summed E-state index contributed by atoms with van der Waals surface area (Å²) in [5, 5.41) is 10.7. The van der Waals surface area contributed by atoms with E-state index in [1.165, 1.54) is 44.6 Å². The summed E-state index contributed by atoms with van der Waals surface area (Å²) >= 11 is 0. The number of hydrogen-bond donors (Lipinski definition) is 0. The van der Waals surface area contributed by atoms with Crippen molar-refractivity contribution >= 4 is 17.7 Å². The lowest BCUT2D eigenvalue weighted by Crippen LogP contribution is -2.05. The Kier molecular flexibility index (Phi) is 6.18. The van der Waals surface area contributed by atoms with Crippen LogP contribution in [0.3, 0.4) is 0 Å². The zero-order valence-electron chi connectivity index (χ0n) is 11.2. The molecule has 1 aromatic rings. The molecule has 108 valence electrons. The van der Waals surface area contributed by atoms with E-state index in [4.69, 9.17) is 9.47 Å². The molecule has 0 atom stereocenters. The van der Waals surface area contributed by atoms with Crippen LogP contribution in [0.15, 0.2) is 24.3 Å². The van der Waals surface area contributed by atoms with Crippen molar-refractivity contribution in [2.45, 2.75) is 0 Å². The van der Waals surface area contributed by atoms with Crippen LogP contribution in [0.25, 0.3) is 6.08 Å². The maximum atomic E-state index is 11.1. The van der Waals surface area contributed by atoms with E-state index in [2.05, 4.69) is 4.74 Å². The predicted molar refractivity (Wildman–Crippen MR) is 71.5 cm³/mol. The van der Waals surface area contributed by atoms with E-state index >= 15 is 0 Å². The van der Waals surface area contributed by atoms with Gasteiger partial charge in [0.15, 0.2) is 0 Å². The number of carbonyl (C=O) groups is 1. The number of carbonyl (C=O) groups excluding carboxylic acids is 1. The van der Waals surface area contributed by atoms with E-state index < -0.39 is 10.9 Å². The van der Waals surface area contributed by atoms with Crippen LogP contribution in [0.4, 0.5) is 5.69 Å². The second kappa shape index (κ2) is 7.90. The first-order valence-corrected chi connectivity index (χ1v) is 5.74. The van der Waals surface area contributed by atoms with Crippen LogP contribution in [0.2, 0.25) is 0 Å². The van der Waals surface area contributed by atoms with E-state index in [1.807, 2.05) is 0 Å². The Morgan fingerprint density at radius 3 is 2.70 bits per heavy atom. The molecular formula is C13H15NO6. The number of methoxy groups -OCH3 is 2. The molecule has 0 unspecified atom stereocenters. The summed E-state index contributed by atoms with van der Waals surface area (Å²) < 4.78 is 14.7. The highest BCUT2D eigenvalue weighted by Crippen LogP contribution is 2.26. The van der Waals surface area contributed by atoms with E-state index in [9.17, 15) is 14.9 Å². The number of ether oxygens (including phenoxy) is 3. The number of nitro benzene ring substituents is 1. The summed E-state index contributed by atoms with van der Waals surface area (Å²) in [5.41, 5.74) is 0.449. The predicted octanol–water partition coefficient (Wildman–Crippen LogP) is 1.81. The van der Waals surface area contributed by atoms with E-state index in [0.717, 1.165) is 0 Å². The maximum Gasteiger partial charge on any atom is 0.330 e. The Morgan fingerprint density at radius 2 is 2.10 bits per heavy atom. The van der Waals surface area contributed by atoms with Crippen LogP contribution in [0.1, 0.15) is 5.56 Å². The second-order valence-electron chi connectivity index (χ2n) is 3.68. The molecule has 0 saturated heterocycles. The molecule has 7 heteroatoms. The van der Waals surface area contributed by atoms with Gasteiger partial charge in [-0.05, 0) is 12.1 Å². The van der Waals surface area contributed by atoms with Gasteiger partial charge in [-0.15, -0.1) is 0 Å². The molecular weight excluding hydrogens is 266 g/mol. The average molecular weight is 281 g/mol. The molecule has 0 amide bonds. The average Bonchev–Trinajstić information content (AvgIpc) is 2.45. The molecule has 0 fully saturated rings. The molecule has 1 rings (SSSR count). The lowest BCUT2D eigenvalue weighted by molar-refractivity contribution is -0.384. The maximum absolute atomic E-state index is 11.1. The Labute approximate surface area is 115 Å². The molecule has 0 aliphatic rings. The van der Waals surface area contributed by atoms with Gasteiger partial charge in [-0.3, -0.25) is 10.1 Å². The highest BCUT2D eigenvalue weighted by atomic mass is 16.6. The first-order chi connectivity index (χ1) is 9.58. The van der Waals surface area contributed by atoms with Gasteiger partial charge < -0.3 is 14.2 Å². The van der Waals surface area contributed by atoms with Gasteiger partial charge in [-0.25, -0.2) is 4.79 Å². The number of esters is 1. The molecule has 0 radical (unpaired) electrons. The SMILES string of the molecule is COCCOc1cc([N+](=O)[O-])ccc1/C=C/C(=O)OC. The van der Waals surface area contributed by atoms with Crippen LogP contribution in [-0.4, -0.2) is 38.3 Å². The van der Waals surface area contributed by atoms with Gasteiger partial charge in [0.25, 0.3) is 5.69 Å². The largest absolute Gasteiger partial charge is 0.490 e. The van der Waals surface area contributed by atoms with Crippen LogP contribution < -0.4 is 4.74 Å². The summed E-state index contributed by atoms with van der Waals surface area (Å²) in [6.07, 6.45) is 2.68. The van der Waals surface area contributed by atoms with Gasteiger partial charge in [-0.1, -0.05) is 0 Å². The molecule has 0 aliphatic heterocycles. The van der Waals surface area contributed by atoms with Crippen molar-refractivity contribution in [3.8, 4) is 5.75 Å². The fraction of sp³-hybridized carbons (Fsp3) is 0.308. The van der Waals surface area contributed by atoms with Gasteiger partial charge in [0.2, 0.25) is 0 Å². The summed E-state index contributed by atoms with van der Waals surface area (Å²) in [6, 6.07) is 4.13. The number of nitro groups is 1. The minimum Gasteiger partial charge on any atom is -0.490 e. The zero-order chi connectivity index (χ0) is 15.0. The highest BCUT2D eigenvalue weighted by Gasteiger charge is 2.10. The molecule has 0 bridgehead atoms. The van der Waals surface area contributed by atoms with Crippen molar-refractivity contribution < 1.29 is 23.9 Å². The quantitative estimate of drug-likeness (QED) is 0.249. The lowest BCUT2D eigenvalue weighted by Gasteiger charge is -2.08. The van der Waals surface area contributed by atoms with Crippen molar-refractivity contribution in [3.63, 3.8) is 0 Å². The van der Waals surface area contributed by atoms with Crippen LogP contribution in [-0.2, 0) is 14.3 Å². The number of benzene rings is 1. The third-order valence-corrected chi connectivity index (χ3v) is 2.35. The molecule has 0 heterocycles. The minimum atomic E-state index is -0.522. The Balaban J connectivity index is 2.98. The van der Waals surface area contributed by atoms with Gasteiger partial charge >= 0.3 is 5.97 Å². The molecule has 1 aromatic carbocycles. The Bertz CT molecular complexity index is 512. The van der Waals surface area contributed by atoms with Crippen LogP contribution in [0.5, 0.6) is 5.75 Å². The summed E-state index contributed by atoms with van der Waals surface area (Å²) in [7, 11) is 2.79. The monoisotopic (exact) mass is 281 g/mol. The Hall–Kier alpha value is -2.41. The van der Waals surface area contributed by atoms with Gasteiger partial charge in [0.05, 0.1) is 24.7 Å². The van der Waals surface area contributed by atoms with Crippen molar-refractivity contribution in [1.29, 1.82) is 0 Å². The smallest absolute Gasteiger partial charge is 0.330 e. The van der Waals surface area contributed by atoms with Crippen molar-refractivity contribution in [2.24, 2.45) is 0 Å². The number of non-ortho nitro benzene ring substituents is 1. The third kappa shape index (κ3) is 4.69. The molecule has 0 aliphatic carbocycles. The fourth-order valence-corrected chi connectivity index (χ4v) is 1.36. The standard InChI is InChI=1S/C13H15NO6/c1-18-7-8-20-12-9-11(14(16)17)5-3-10(12)4-6-13(15)19-2/h3-6,9H,7-8H2,1-2H3/b6-4+. The summed E-state index contributed by atoms with van der Waals surface area (Å²) in [4.78, 5) is 21.3. The van der Waals surface area contributed by atoms with Gasteiger partial charge in [-0.2, -0.15) is 0 Å². The molecule has 0 spiro atoms. The van der Waals surface area contributed by atoms with Gasteiger partial charge in [0, 0.05) is 24.8 Å². The minimum absolute atomic E-state index is 0.0902. The first kappa shape index (κ1) is 15.6. The molecule has 0 aromatic heterocycles. The van der Waals surface area contributed by atoms with E-state index in [0.29, 0.717) is 17.9 Å². The van der Waals surface area contributed by atoms with Crippen molar-refractivity contribution in [1.82, 2.24) is 0 Å². The van der Waals surface area contributed by atoms with Gasteiger partial charge in [0.1, 0.15) is 12.4 Å². The van der Waals surface area contributed by atoms with E-state index in [1.54, 1.807) is 0 Å². The molecule has 0 N–H and O–H groups in total. The number of rotatable bonds is 7. The summed E-state index contributed by atoms with van der Waals surface area (Å²) in [6.45, 7) is 0.597. The van der Waals surface area contributed by atoms with Crippen LogP contribution in [0, 0.1) is 10.1 Å². The fourth-order valence-electron chi connectivity index (χ4n) is 1.36. The number of nitrogens with zero attached hydrogens (tertiary/aromatic N) is 1. The highest BCUT2D eigenvalue weighted by molar-refractivity contribution is 5.87. The Morgan fingerprint density at radius 1 is 1.35 bits per heavy atom. The second-order valence-corrected chi connectivity index (χ2v) is 3.68. The topological polar surface area (TPSA) is 87.9 Å². The molecule has 0 saturated carbocycles. The zero-order valence-corrected chi connectivity index (χ0v) is 11.2. The van der Waals surface area contributed by atoms with Crippen molar-refractivity contribution in [3.05, 3.63) is 40.0 Å². The molecule has 7 nitrogen and oxygen atoms in total. The van der Waals surface area contributed by atoms with Crippen LogP contribution >= 0.6 is 0 Å². The number of hydrogen-bond acceptors (Lipinski definition) is 6. The first-order valence-electron chi connectivity index (χ1n) is 5.74. The summed E-state index contributed by atoms with van der Waals surface area (Å²) in [5.74, 6) is -0.220.